The highest BCUT2D eigenvalue weighted by atomic mass is 19.1. The Labute approximate surface area is 122 Å². The van der Waals surface area contributed by atoms with Crippen molar-refractivity contribution in [1.29, 1.82) is 0 Å². The van der Waals surface area contributed by atoms with Crippen molar-refractivity contribution in [2.45, 2.75) is 13.5 Å². The van der Waals surface area contributed by atoms with Crippen LogP contribution in [0.15, 0.2) is 36.4 Å². The number of ether oxygens (including phenoxy) is 2. The summed E-state index contributed by atoms with van der Waals surface area (Å²) in [7, 11) is -0.0386. The van der Waals surface area contributed by atoms with E-state index >= 15 is 0 Å². The average Bonchev–Trinajstić information content (AvgIpc) is 2.45. The summed E-state index contributed by atoms with van der Waals surface area (Å²) in [6.45, 7) is 1.83. The van der Waals surface area contributed by atoms with Crippen molar-refractivity contribution < 1.29 is 23.9 Å². The fourth-order valence-electron chi connectivity index (χ4n) is 1.96. The predicted octanol–water partition coefficient (Wildman–Crippen LogP) is 1.40. The van der Waals surface area contributed by atoms with Crippen LogP contribution in [-0.4, -0.2) is 24.3 Å². The Bertz CT molecular complexity index is 631. The highest BCUT2D eigenvalue weighted by Gasteiger charge is 2.14. The van der Waals surface area contributed by atoms with Gasteiger partial charge in [0.2, 0.25) is 0 Å². The molecule has 0 saturated carbocycles. The second-order valence-corrected chi connectivity index (χ2v) is 4.64. The van der Waals surface area contributed by atoms with Crippen LogP contribution < -0.4 is 14.9 Å². The summed E-state index contributed by atoms with van der Waals surface area (Å²) in [4.78, 5) is 0. The molecule has 0 fully saturated rings. The Morgan fingerprint density at radius 2 is 1.81 bits per heavy atom. The van der Waals surface area contributed by atoms with E-state index in [1.165, 1.54) is 13.2 Å². The van der Waals surface area contributed by atoms with Crippen molar-refractivity contribution in [3.8, 4) is 11.5 Å². The van der Waals surface area contributed by atoms with Crippen LogP contribution in [0.2, 0.25) is 0 Å². The molecule has 4 nitrogen and oxygen atoms in total. The zero-order chi connectivity index (χ0) is 15.4. The third-order valence-electron chi connectivity index (χ3n) is 3.17. The van der Waals surface area contributed by atoms with Crippen LogP contribution in [0, 0.1) is 12.7 Å². The molecular weight excluding hydrogens is 274 g/mol. The summed E-state index contributed by atoms with van der Waals surface area (Å²) in [5.41, 5.74) is 1.52. The zero-order valence-corrected chi connectivity index (χ0v) is 11.8. The SMILES string of the molecule is COc1ccc(COc2ccc(B(O)O)c(C)c2)c(F)c1. The molecule has 0 spiro atoms. The second-order valence-electron chi connectivity index (χ2n) is 4.64. The van der Waals surface area contributed by atoms with Gasteiger partial charge in [-0.1, -0.05) is 6.07 Å². The highest BCUT2D eigenvalue weighted by Crippen LogP contribution is 2.19. The van der Waals surface area contributed by atoms with Gasteiger partial charge in [-0.2, -0.15) is 0 Å². The van der Waals surface area contributed by atoms with Crippen LogP contribution in [0.5, 0.6) is 11.5 Å². The lowest BCUT2D eigenvalue weighted by atomic mass is 9.77. The predicted molar refractivity (Wildman–Crippen MR) is 78.3 cm³/mol. The fraction of sp³-hybridized carbons (Fsp3) is 0.200. The zero-order valence-electron chi connectivity index (χ0n) is 11.8. The van der Waals surface area contributed by atoms with Crippen molar-refractivity contribution in [2.24, 2.45) is 0 Å². The van der Waals surface area contributed by atoms with Crippen molar-refractivity contribution in [3.63, 3.8) is 0 Å². The van der Waals surface area contributed by atoms with Gasteiger partial charge in [0.15, 0.2) is 0 Å². The van der Waals surface area contributed by atoms with E-state index < -0.39 is 12.9 Å². The van der Waals surface area contributed by atoms with E-state index in [4.69, 9.17) is 19.5 Å². The maximum Gasteiger partial charge on any atom is 0.488 e. The number of rotatable bonds is 5. The van der Waals surface area contributed by atoms with Gasteiger partial charge < -0.3 is 19.5 Å². The minimum atomic E-state index is -1.52. The molecule has 21 heavy (non-hydrogen) atoms. The normalized spacial score (nSPS) is 10.3. The van der Waals surface area contributed by atoms with E-state index in [9.17, 15) is 4.39 Å². The molecule has 2 rings (SSSR count). The van der Waals surface area contributed by atoms with Gasteiger partial charge in [-0.15, -0.1) is 0 Å². The van der Waals surface area contributed by atoms with E-state index in [0.717, 1.165) is 0 Å². The second kappa shape index (κ2) is 6.60. The Morgan fingerprint density at radius 1 is 1.10 bits per heavy atom. The molecule has 0 bridgehead atoms. The summed E-state index contributed by atoms with van der Waals surface area (Å²) in [6, 6.07) is 9.43. The van der Waals surface area contributed by atoms with Crippen molar-refractivity contribution in [1.82, 2.24) is 0 Å². The Kier molecular flexibility index (Phi) is 4.83. The number of benzene rings is 2. The first-order valence-electron chi connectivity index (χ1n) is 6.43. The first-order chi connectivity index (χ1) is 10.0. The van der Waals surface area contributed by atoms with Gasteiger partial charge in [-0.05, 0) is 42.2 Å². The van der Waals surface area contributed by atoms with Gasteiger partial charge >= 0.3 is 7.12 Å². The summed E-state index contributed by atoms with van der Waals surface area (Å²) in [6.07, 6.45) is 0. The van der Waals surface area contributed by atoms with Crippen LogP contribution in [-0.2, 0) is 6.61 Å². The topological polar surface area (TPSA) is 58.9 Å². The van der Waals surface area contributed by atoms with Gasteiger partial charge in [0.1, 0.15) is 23.9 Å². The van der Waals surface area contributed by atoms with Gasteiger partial charge in [-0.25, -0.2) is 4.39 Å². The molecule has 0 radical (unpaired) electrons. The first-order valence-corrected chi connectivity index (χ1v) is 6.43. The van der Waals surface area contributed by atoms with E-state index in [0.29, 0.717) is 28.1 Å². The standard InChI is InChI=1S/C15H16BFO4/c1-10-7-13(5-6-14(10)16(18)19)21-9-11-3-4-12(20-2)8-15(11)17/h3-8,18-19H,9H2,1-2H3. The highest BCUT2D eigenvalue weighted by molar-refractivity contribution is 6.59. The molecule has 2 aromatic carbocycles. The number of methoxy groups -OCH3 is 1. The molecule has 2 N–H and O–H groups in total. The van der Waals surface area contributed by atoms with Crippen LogP contribution in [0.4, 0.5) is 4.39 Å². The lowest BCUT2D eigenvalue weighted by Gasteiger charge is -2.11. The Morgan fingerprint density at radius 3 is 2.38 bits per heavy atom. The van der Waals surface area contributed by atoms with E-state index in [1.54, 1.807) is 37.3 Å². The van der Waals surface area contributed by atoms with Crippen molar-refractivity contribution in [2.75, 3.05) is 7.11 Å². The van der Waals surface area contributed by atoms with Crippen LogP contribution in [0.1, 0.15) is 11.1 Å². The summed E-state index contributed by atoms with van der Waals surface area (Å²) >= 11 is 0. The van der Waals surface area contributed by atoms with Gasteiger partial charge in [0.05, 0.1) is 7.11 Å². The van der Waals surface area contributed by atoms with E-state index in [2.05, 4.69) is 0 Å². The first kappa shape index (κ1) is 15.3. The summed E-state index contributed by atoms with van der Waals surface area (Å²) in [5.74, 6) is 0.592. The lowest BCUT2D eigenvalue weighted by molar-refractivity contribution is 0.299. The smallest absolute Gasteiger partial charge is 0.488 e. The number of hydrogen-bond donors (Lipinski definition) is 2. The Hall–Kier alpha value is -2.05. The van der Waals surface area contributed by atoms with Crippen molar-refractivity contribution in [3.05, 3.63) is 53.3 Å². The third kappa shape index (κ3) is 3.74. The van der Waals surface area contributed by atoms with Crippen molar-refractivity contribution >= 4 is 12.6 Å². The quantitative estimate of drug-likeness (QED) is 0.817. The summed E-state index contributed by atoms with van der Waals surface area (Å²) in [5, 5.41) is 18.3. The van der Waals surface area contributed by atoms with Crippen LogP contribution in [0.25, 0.3) is 0 Å². The molecule has 0 amide bonds. The maximum absolute atomic E-state index is 13.8. The fourth-order valence-corrected chi connectivity index (χ4v) is 1.96. The van der Waals surface area contributed by atoms with Crippen LogP contribution >= 0.6 is 0 Å². The molecule has 0 aliphatic heterocycles. The molecule has 0 heterocycles. The average molecular weight is 290 g/mol. The minimum absolute atomic E-state index is 0.0797. The molecule has 0 atom stereocenters. The number of hydrogen-bond acceptors (Lipinski definition) is 4. The van der Waals surface area contributed by atoms with E-state index in [1.807, 2.05) is 0 Å². The molecule has 0 unspecified atom stereocenters. The minimum Gasteiger partial charge on any atom is -0.497 e. The summed E-state index contributed by atoms with van der Waals surface area (Å²) < 4.78 is 24.2. The lowest BCUT2D eigenvalue weighted by Crippen LogP contribution is -2.31. The molecule has 2 aromatic rings. The van der Waals surface area contributed by atoms with Gasteiger partial charge in [0.25, 0.3) is 0 Å². The monoisotopic (exact) mass is 290 g/mol. The molecular formula is C15H16BFO4. The van der Waals surface area contributed by atoms with Crippen LogP contribution in [0.3, 0.4) is 0 Å². The number of aryl methyl sites for hydroxylation is 1. The molecule has 0 aliphatic rings. The Balaban J connectivity index is 2.08. The molecule has 0 aromatic heterocycles. The molecule has 0 saturated heterocycles. The molecule has 0 aliphatic carbocycles. The maximum atomic E-state index is 13.8. The van der Waals surface area contributed by atoms with Gasteiger partial charge in [0, 0.05) is 11.6 Å². The van der Waals surface area contributed by atoms with E-state index in [-0.39, 0.29) is 6.61 Å². The third-order valence-corrected chi connectivity index (χ3v) is 3.17. The molecule has 110 valence electrons. The molecule has 6 heteroatoms. The largest absolute Gasteiger partial charge is 0.497 e. The van der Waals surface area contributed by atoms with Gasteiger partial charge in [-0.3, -0.25) is 0 Å². The number of halogens is 1.